The number of thiophene rings is 1. The van der Waals surface area contributed by atoms with Gasteiger partial charge in [-0.15, -0.1) is 11.3 Å². The zero-order valence-electron chi connectivity index (χ0n) is 17.4. The van der Waals surface area contributed by atoms with Gasteiger partial charge in [0.25, 0.3) is 0 Å². The van der Waals surface area contributed by atoms with Crippen molar-refractivity contribution in [1.82, 2.24) is 20.1 Å². The third-order valence-corrected chi connectivity index (χ3v) is 5.45. The van der Waals surface area contributed by atoms with Crippen LogP contribution in [0.25, 0.3) is 20.8 Å². The lowest BCUT2D eigenvalue weighted by Crippen LogP contribution is -2.11. The Morgan fingerprint density at radius 2 is 1.70 bits per heavy atom. The summed E-state index contributed by atoms with van der Waals surface area (Å²) in [4.78, 5) is 14.2. The summed E-state index contributed by atoms with van der Waals surface area (Å²) in [7, 11) is 3.11. The number of benzene rings is 1. The summed E-state index contributed by atoms with van der Waals surface area (Å²) in [5.41, 5.74) is -0.226. The van der Waals surface area contributed by atoms with Crippen molar-refractivity contribution < 1.29 is 18.7 Å². The highest BCUT2D eigenvalue weighted by Crippen LogP contribution is 2.44. The molecule has 0 N–H and O–H groups in total. The molecule has 0 amide bonds. The maximum absolute atomic E-state index is 6.17. The molecule has 0 aliphatic carbocycles. The minimum atomic E-state index is -0.226. The molecule has 0 saturated carbocycles. The molecule has 1 aromatic carbocycles. The monoisotopic (exact) mass is 426 g/mol. The molecule has 9 heteroatoms. The molecule has 156 valence electrons. The Hall–Kier alpha value is -3.20. The van der Waals surface area contributed by atoms with Gasteiger partial charge in [0, 0.05) is 15.5 Å². The fraction of sp³-hybridized carbons (Fsp3) is 0.333. The summed E-state index contributed by atoms with van der Waals surface area (Å²) in [6.45, 7) is 6.21. The quantitative estimate of drug-likeness (QED) is 0.440. The average molecular weight is 426 g/mol. The second-order valence-corrected chi connectivity index (χ2v) is 8.64. The summed E-state index contributed by atoms with van der Waals surface area (Å²) in [5, 5.41) is 5.00. The van der Waals surface area contributed by atoms with E-state index in [4.69, 9.17) is 18.7 Å². The van der Waals surface area contributed by atoms with Gasteiger partial charge >= 0.3 is 0 Å². The largest absolute Gasteiger partial charge is 0.483 e. The van der Waals surface area contributed by atoms with Crippen molar-refractivity contribution in [3.8, 4) is 28.2 Å². The normalized spacial score (nSPS) is 11.6. The van der Waals surface area contributed by atoms with Gasteiger partial charge in [-0.2, -0.15) is 15.0 Å². The Labute approximate surface area is 177 Å². The van der Waals surface area contributed by atoms with Gasteiger partial charge in [0.15, 0.2) is 12.4 Å². The number of methoxy groups -OCH3 is 2. The van der Waals surface area contributed by atoms with E-state index in [2.05, 4.69) is 20.1 Å². The van der Waals surface area contributed by atoms with E-state index in [1.807, 2.05) is 45.0 Å². The van der Waals surface area contributed by atoms with Crippen molar-refractivity contribution in [3.63, 3.8) is 0 Å². The van der Waals surface area contributed by atoms with E-state index in [0.29, 0.717) is 35.0 Å². The Kier molecular flexibility index (Phi) is 5.29. The first-order valence-electron chi connectivity index (χ1n) is 9.34. The number of rotatable bonds is 6. The minimum absolute atomic E-state index is 0.161. The van der Waals surface area contributed by atoms with Gasteiger partial charge in [-0.3, -0.25) is 0 Å². The van der Waals surface area contributed by atoms with Crippen molar-refractivity contribution in [2.75, 3.05) is 14.2 Å². The Morgan fingerprint density at radius 3 is 2.33 bits per heavy atom. The van der Waals surface area contributed by atoms with Crippen molar-refractivity contribution in [3.05, 3.63) is 42.0 Å². The molecule has 0 bridgehead atoms. The Morgan fingerprint density at radius 1 is 1.00 bits per heavy atom. The van der Waals surface area contributed by atoms with Crippen LogP contribution in [0, 0.1) is 0 Å². The highest BCUT2D eigenvalue weighted by molar-refractivity contribution is 7.22. The summed E-state index contributed by atoms with van der Waals surface area (Å²) in [6, 6.07) is 9.60. The van der Waals surface area contributed by atoms with Crippen LogP contribution < -0.4 is 14.2 Å². The van der Waals surface area contributed by atoms with E-state index in [-0.39, 0.29) is 12.0 Å². The molecule has 4 rings (SSSR count). The van der Waals surface area contributed by atoms with Crippen LogP contribution in [-0.2, 0) is 12.0 Å². The Bertz CT molecular complexity index is 1160. The minimum Gasteiger partial charge on any atom is -0.483 e. The van der Waals surface area contributed by atoms with Crippen molar-refractivity contribution >= 4 is 21.4 Å². The summed E-state index contributed by atoms with van der Waals surface area (Å²) in [5.74, 6) is 2.99. The standard InChI is InChI=1S/C21H22N4O4S/c1-21(2,3)20-22-14(25-29-20)11-28-17-12-8-6-7-9-13(12)30-18(17)19-23-15(26-4)10-16(24-19)27-5/h6-10H,11H2,1-5H3. The number of ether oxygens (including phenoxy) is 3. The van der Waals surface area contributed by atoms with Gasteiger partial charge in [0.2, 0.25) is 23.5 Å². The van der Waals surface area contributed by atoms with E-state index in [1.54, 1.807) is 20.3 Å². The van der Waals surface area contributed by atoms with Crippen molar-refractivity contribution in [2.24, 2.45) is 0 Å². The van der Waals surface area contributed by atoms with Gasteiger partial charge in [-0.05, 0) is 12.1 Å². The predicted octanol–water partition coefficient (Wildman–Crippen LogP) is 4.64. The van der Waals surface area contributed by atoms with Crippen LogP contribution in [0.4, 0.5) is 0 Å². The molecule has 8 nitrogen and oxygen atoms in total. The van der Waals surface area contributed by atoms with E-state index in [1.165, 1.54) is 11.3 Å². The van der Waals surface area contributed by atoms with Crippen LogP contribution in [0.2, 0.25) is 0 Å². The Balaban J connectivity index is 1.73. The zero-order valence-corrected chi connectivity index (χ0v) is 18.2. The topological polar surface area (TPSA) is 92.4 Å². The predicted molar refractivity (Wildman–Crippen MR) is 113 cm³/mol. The molecular weight excluding hydrogens is 404 g/mol. The number of hydrogen-bond acceptors (Lipinski definition) is 9. The highest BCUT2D eigenvalue weighted by Gasteiger charge is 2.23. The SMILES string of the molecule is COc1cc(OC)nc(-c2sc3ccccc3c2OCc2noc(C(C)(C)C)n2)n1. The first-order valence-corrected chi connectivity index (χ1v) is 10.2. The zero-order chi connectivity index (χ0) is 21.3. The highest BCUT2D eigenvalue weighted by atomic mass is 32.1. The molecule has 3 aromatic heterocycles. The summed E-state index contributed by atoms with van der Waals surface area (Å²) in [6.07, 6.45) is 0. The molecule has 0 aliphatic rings. The maximum atomic E-state index is 6.17. The first kappa shape index (κ1) is 20.1. The maximum Gasteiger partial charge on any atom is 0.232 e. The fourth-order valence-electron chi connectivity index (χ4n) is 2.78. The van der Waals surface area contributed by atoms with Crippen molar-refractivity contribution in [2.45, 2.75) is 32.8 Å². The molecule has 0 unspecified atom stereocenters. The van der Waals surface area contributed by atoms with Gasteiger partial charge in [0.1, 0.15) is 10.6 Å². The lowest BCUT2D eigenvalue weighted by Gasteiger charge is -2.10. The van der Waals surface area contributed by atoms with Gasteiger partial charge in [-0.1, -0.05) is 38.1 Å². The number of hydrogen-bond donors (Lipinski definition) is 0. The van der Waals surface area contributed by atoms with Crippen LogP contribution in [0.5, 0.6) is 17.5 Å². The third-order valence-electron chi connectivity index (χ3n) is 4.31. The van der Waals surface area contributed by atoms with Crippen molar-refractivity contribution in [1.29, 1.82) is 0 Å². The fourth-order valence-corrected chi connectivity index (χ4v) is 3.86. The molecule has 30 heavy (non-hydrogen) atoms. The summed E-state index contributed by atoms with van der Waals surface area (Å²) >= 11 is 1.53. The molecule has 3 heterocycles. The van der Waals surface area contributed by atoms with Gasteiger partial charge in [-0.25, -0.2) is 0 Å². The smallest absolute Gasteiger partial charge is 0.232 e. The number of nitrogens with zero attached hydrogens (tertiary/aromatic N) is 4. The van der Waals surface area contributed by atoms with E-state index in [9.17, 15) is 0 Å². The molecule has 0 fully saturated rings. The lowest BCUT2D eigenvalue weighted by molar-refractivity contribution is 0.283. The summed E-state index contributed by atoms with van der Waals surface area (Å²) < 4.78 is 23.2. The molecular formula is C21H22N4O4S. The number of fused-ring (bicyclic) bond motifs is 1. The number of aromatic nitrogens is 4. The van der Waals surface area contributed by atoms with E-state index in [0.717, 1.165) is 15.0 Å². The first-order chi connectivity index (χ1) is 14.4. The van der Waals surface area contributed by atoms with Gasteiger partial charge in [0.05, 0.1) is 20.3 Å². The van der Waals surface area contributed by atoms with Crippen LogP contribution in [-0.4, -0.2) is 34.3 Å². The lowest BCUT2D eigenvalue weighted by atomic mass is 9.97. The third kappa shape index (κ3) is 3.93. The molecule has 0 atom stereocenters. The molecule has 0 radical (unpaired) electrons. The van der Waals surface area contributed by atoms with Crippen LogP contribution >= 0.6 is 11.3 Å². The molecule has 0 aliphatic heterocycles. The molecule has 0 spiro atoms. The molecule has 4 aromatic rings. The van der Waals surface area contributed by atoms with Crippen LogP contribution in [0.15, 0.2) is 34.9 Å². The van der Waals surface area contributed by atoms with Crippen LogP contribution in [0.3, 0.4) is 0 Å². The van der Waals surface area contributed by atoms with E-state index < -0.39 is 0 Å². The second-order valence-electron chi connectivity index (χ2n) is 7.59. The van der Waals surface area contributed by atoms with Gasteiger partial charge < -0.3 is 18.7 Å². The molecule has 0 saturated heterocycles. The van der Waals surface area contributed by atoms with E-state index >= 15 is 0 Å². The average Bonchev–Trinajstić information content (AvgIpc) is 3.36. The second kappa shape index (κ2) is 7.91. The van der Waals surface area contributed by atoms with Crippen LogP contribution in [0.1, 0.15) is 32.5 Å².